The highest BCUT2D eigenvalue weighted by Gasteiger charge is 2.06. The minimum absolute atomic E-state index is 0.741. The Morgan fingerprint density at radius 1 is 1.20 bits per heavy atom. The topological polar surface area (TPSA) is 52.1 Å². The summed E-state index contributed by atoms with van der Waals surface area (Å²) in [4.78, 5) is 4.05. The van der Waals surface area contributed by atoms with Gasteiger partial charge >= 0.3 is 0 Å². The molecule has 3 rings (SSSR count). The molecule has 4 nitrogen and oxygen atoms in total. The molecule has 2 aromatic heterocycles. The van der Waals surface area contributed by atoms with Crippen LogP contribution in [0.15, 0.2) is 39.6 Å². The molecule has 74 valence electrons. The Kier molecular flexibility index (Phi) is 1.62. The summed E-state index contributed by atoms with van der Waals surface area (Å²) in [5.41, 5.74) is 3.40. The fourth-order valence-electron chi connectivity index (χ4n) is 1.51. The van der Waals surface area contributed by atoms with E-state index in [9.17, 15) is 0 Å². The van der Waals surface area contributed by atoms with Crippen LogP contribution in [0.4, 0.5) is 0 Å². The van der Waals surface area contributed by atoms with Gasteiger partial charge in [0.25, 0.3) is 0 Å². The van der Waals surface area contributed by atoms with Crippen LogP contribution in [0.5, 0.6) is 0 Å². The van der Waals surface area contributed by atoms with E-state index in [0.29, 0.717) is 0 Å². The van der Waals surface area contributed by atoms with Crippen LogP contribution in [0.1, 0.15) is 5.69 Å². The molecule has 15 heavy (non-hydrogen) atoms. The van der Waals surface area contributed by atoms with Gasteiger partial charge in [0.15, 0.2) is 17.7 Å². The molecule has 0 aliphatic carbocycles. The van der Waals surface area contributed by atoms with Crippen LogP contribution in [0, 0.1) is 6.92 Å². The summed E-state index contributed by atoms with van der Waals surface area (Å²) in [5, 5.41) is 3.84. The number of rotatable bonds is 1. The van der Waals surface area contributed by atoms with Gasteiger partial charge < -0.3 is 8.94 Å². The average molecular weight is 200 g/mol. The fourth-order valence-corrected chi connectivity index (χ4v) is 1.51. The molecule has 1 aromatic carbocycles. The van der Waals surface area contributed by atoms with Crippen molar-refractivity contribution in [3.8, 4) is 11.3 Å². The van der Waals surface area contributed by atoms with Gasteiger partial charge in [0.1, 0.15) is 5.52 Å². The summed E-state index contributed by atoms with van der Waals surface area (Å²) in [6, 6.07) is 7.61. The Morgan fingerprint density at radius 3 is 2.93 bits per heavy atom. The van der Waals surface area contributed by atoms with Crippen molar-refractivity contribution >= 4 is 11.1 Å². The second kappa shape index (κ2) is 2.95. The summed E-state index contributed by atoms with van der Waals surface area (Å²) in [6.07, 6.45) is 1.43. The molecule has 0 spiro atoms. The summed E-state index contributed by atoms with van der Waals surface area (Å²) >= 11 is 0. The van der Waals surface area contributed by atoms with Crippen LogP contribution in [0.3, 0.4) is 0 Å². The lowest BCUT2D eigenvalue weighted by Gasteiger charge is -1.93. The molecule has 0 saturated heterocycles. The van der Waals surface area contributed by atoms with Gasteiger partial charge in [-0.25, -0.2) is 4.98 Å². The molecule has 4 heteroatoms. The van der Waals surface area contributed by atoms with E-state index in [4.69, 9.17) is 8.94 Å². The summed E-state index contributed by atoms with van der Waals surface area (Å²) in [6.45, 7) is 1.89. The second-order valence-corrected chi connectivity index (χ2v) is 3.37. The molecule has 0 amide bonds. The zero-order valence-electron chi connectivity index (χ0n) is 8.10. The number of fused-ring (bicyclic) bond motifs is 1. The van der Waals surface area contributed by atoms with E-state index in [1.807, 2.05) is 31.2 Å². The Morgan fingerprint density at radius 2 is 2.13 bits per heavy atom. The molecular formula is C11H8N2O2. The zero-order valence-corrected chi connectivity index (χ0v) is 8.10. The summed E-state index contributed by atoms with van der Waals surface area (Å²) in [7, 11) is 0. The Labute approximate surface area is 85.5 Å². The van der Waals surface area contributed by atoms with Crippen molar-refractivity contribution in [2.45, 2.75) is 6.92 Å². The minimum atomic E-state index is 0.741. The van der Waals surface area contributed by atoms with Crippen molar-refractivity contribution in [1.29, 1.82) is 0 Å². The van der Waals surface area contributed by atoms with Crippen molar-refractivity contribution in [3.63, 3.8) is 0 Å². The normalized spacial score (nSPS) is 11.0. The third-order valence-corrected chi connectivity index (χ3v) is 2.24. The van der Waals surface area contributed by atoms with E-state index in [0.717, 1.165) is 28.1 Å². The number of hydrogen-bond acceptors (Lipinski definition) is 4. The molecule has 0 unspecified atom stereocenters. The maximum Gasteiger partial charge on any atom is 0.181 e. The van der Waals surface area contributed by atoms with Gasteiger partial charge in [0, 0.05) is 11.6 Å². The standard InChI is InChI=1S/C11H8N2O2/c1-7-4-10(15-13-7)8-2-3-9-11(5-8)14-6-12-9/h2-6H,1H3. The van der Waals surface area contributed by atoms with Crippen LogP contribution in [-0.2, 0) is 0 Å². The highest BCUT2D eigenvalue weighted by atomic mass is 16.5. The molecular weight excluding hydrogens is 192 g/mol. The van der Waals surface area contributed by atoms with Gasteiger partial charge in [-0.15, -0.1) is 0 Å². The third kappa shape index (κ3) is 1.30. The molecule has 0 atom stereocenters. The first-order valence-electron chi connectivity index (χ1n) is 4.60. The molecule has 0 aliphatic heterocycles. The van der Waals surface area contributed by atoms with E-state index in [-0.39, 0.29) is 0 Å². The van der Waals surface area contributed by atoms with Crippen molar-refractivity contribution in [2.24, 2.45) is 0 Å². The molecule has 0 saturated carbocycles. The van der Waals surface area contributed by atoms with Gasteiger partial charge in [-0.05, 0) is 25.1 Å². The smallest absolute Gasteiger partial charge is 0.181 e. The lowest BCUT2D eigenvalue weighted by atomic mass is 10.1. The van der Waals surface area contributed by atoms with Crippen LogP contribution in [0.2, 0.25) is 0 Å². The number of nitrogens with zero attached hydrogens (tertiary/aromatic N) is 2. The van der Waals surface area contributed by atoms with Gasteiger partial charge in [0.2, 0.25) is 0 Å². The van der Waals surface area contributed by atoms with Gasteiger partial charge in [-0.2, -0.15) is 0 Å². The Balaban J connectivity index is 2.18. The zero-order chi connectivity index (χ0) is 10.3. The number of benzene rings is 1. The molecule has 0 N–H and O–H groups in total. The number of hydrogen-bond donors (Lipinski definition) is 0. The van der Waals surface area contributed by atoms with Crippen LogP contribution < -0.4 is 0 Å². The summed E-state index contributed by atoms with van der Waals surface area (Å²) in [5.74, 6) is 0.741. The van der Waals surface area contributed by atoms with Crippen LogP contribution >= 0.6 is 0 Å². The Bertz CT molecular complexity index is 610. The maximum atomic E-state index is 5.21. The molecule has 0 bridgehead atoms. The number of aromatic nitrogens is 2. The van der Waals surface area contributed by atoms with Crippen molar-refractivity contribution in [3.05, 3.63) is 36.4 Å². The van der Waals surface area contributed by atoms with E-state index >= 15 is 0 Å². The monoisotopic (exact) mass is 200 g/mol. The predicted octanol–water partition coefficient (Wildman–Crippen LogP) is 2.79. The highest BCUT2D eigenvalue weighted by molar-refractivity contribution is 5.78. The van der Waals surface area contributed by atoms with Gasteiger partial charge in [-0.1, -0.05) is 5.16 Å². The van der Waals surface area contributed by atoms with Crippen LogP contribution in [0.25, 0.3) is 22.4 Å². The maximum absolute atomic E-state index is 5.21. The molecule has 2 heterocycles. The number of aryl methyl sites for hydroxylation is 1. The highest BCUT2D eigenvalue weighted by Crippen LogP contribution is 2.24. The van der Waals surface area contributed by atoms with Crippen molar-refractivity contribution in [2.75, 3.05) is 0 Å². The Hall–Kier alpha value is -2.10. The van der Waals surface area contributed by atoms with Crippen LogP contribution in [-0.4, -0.2) is 10.1 Å². The first-order chi connectivity index (χ1) is 7.33. The van der Waals surface area contributed by atoms with Crippen molar-refractivity contribution in [1.82, 2.24) is 10.1 Å². The van der Waals surface area contributed by atoms with Gasteiger partial charge in [-0.3, -0.25) is 0 Å². The molecule has 3 aromatic rings. The molecule has 0 fully saturated rings. The molecule has 0 radical (unpaired) electrons. The van der Waals surface area contributed by atoms with E-state index in [1.54, 1.807) is 0 Å². The van der Waals surface area contributed by atoms with Gasteiger partial charge in [0.05, 0.1) is 5.69 Å². The average Bonchev–Trinajstić information content (AvgIpc) is 2.84. The lowest BCUT2D eigenvalue weighted by Crippen LogP contribution is -1.73. The SMILES string of the molecule is Cc1cc(-c2ccc3ncoc3c2)on1. The number of oxazole rings is 1. The minimum Gasteiger partial charge on any atom is -0.443 e. The first-order valence-corrected chi connectivity index (χ1v) is 4.60. The van der Waals surface area contributed by atoms with Crippen molar-refractivity contribution < 1.29 is 8.94 Å². The predicted molar refractivity (Wildman–Crippen MR) is 54.2 cm³/mol. The largest absolute Gasteiger partial charge is 0.443 e. The first kappa shape index (κ1) is 8.23. The second-order valence-electron chi connectivity index (χ2n) is 3.37. The summed E-state index contributed by atoms with van der Waals surface area (Å²) < 4.78 is 10.4. The molecule has 0 aliphatic rings. The third-order valence-electron chi connectivity index (χ3n) is 2.24. The van der Waals surface area contributed by atoms with E-state index < -0.39 is 0 Å². The quantitative estimate of drug-likeness (QED) is 0.606. The fraction of sp³-hybridized carbons (Fsp3) is 0.0909. The van der Waals surface area contributed by atoms with E-state index in [2.05, 4.69) is 10.1 Å². The lowest BCUT2D eigenvalue weighted by molar-refractivity contribution is 0.427. The van der Waals surface area contributed by atoms with E-state index in [1.165, 1.54) is 6.39 Å².